The number of hydrogen-bond donors (Lipinski definition) is 2. The van der Waals surface area contributed by atoms with Crippen LogP contribution in [0, 0.1) is 0 Å². The summed E-state index contributed by atoms with van der Waals surface area (Å²) in [6, 6.07) is 8.81. The van der Waals surface area contributed by atoms with Gasteiger partial charge in [-0.3, -0.25) is 4.79 Å². The maximum Gasteiger partial charge on any atom is 0.253 e. The second-order valence-electron chi connectivity index (χ2n) is 6.13. The summed E-state index contributed by atoms with van der Waals surface area (Å²) in [6.07, 6.45) is 5.96. The summed E-state index contributed by atoms with van der Waals surface area (Å²) >= 11 is 0. The van der Waals surface area contributed by atoms with E-state index >= 15 is 0 Å². The molecule has 2 unspecified atom stereocenters. The number of amides is 1. The van der Waals surface area contributed by atoms with Crippen LogP contribution in [-0.2, 0) is 0 Å². The largest absolute Gasteiger partial charge is 0.398 e. The highest BCUT2D eigenvalue weighted by molar-refractivity contribution is 5.99. The molecule has 1 aromatic rings. The first-order valence-electron chi connectivity index (χ1n) is 7.52. The van der Waals surface area contributed by atoms with E-state index in [4.69, 9.17) is 5.73 Å². The van der Waals surface area contributed by atoms with Crippen LogP contribution in [0.4, 0.5) is 5.69 Å². The number of nitrogens with two attached hydrogens (primary N) is 1. The number of nitrogens with zero attached hydrogens (tertiary/aromatic N) is 1. The van der Waals surface area contributed by atoms with E-state index < -0.39 is 0 Å². The normalized spacial score (nSPS) is 27.2. The van der Waals surface area contributed by atoms with Crippen molar-refractivity contribution in [1.29, 1.82) is 0 Å². The summed E-state index contributed by atoms with van der Waals surface area (Å²) in [5.74, 6) is -0.0317. The Morgan fingerprint density at radius 3 is 2.36 bits per heavy atom. The molecule has 0 saturated carbocycles. The Kier molecular flexibility index (Phi) is 6.98. The molecule has 2 bridgehead atoms. The predicted octanol–water partition coefficient (Wildman–Crippen LogP) is 2.86. The molecule has 124 valence electrons. The van der Waals surface area contributed by atoms with Gasteiger partial charge in [-0.2, -0.15) is 0 Å². The molecule has 6 heteroatoms. The van der Waals surface area contributed by atoms with Gasteiger partial charge in [0.05, 0.1) is 5.56 Å². The third kappa shape index (κ3) is 3.86. The Bertz CT molecular complexity index is 498. The van der Waals surface area contributed by atoms with Gasteiger partial charge in [-0.15, -0.1) is 24.8 Å². The smallest absolute Gasteiger partial charge is 0.253 e. The molecular formula is C16H25Cl2N3O. The van der Waals surface area contributed by atoms with E-state index in [-0.39, 0.29) is 36.8 Å². The molecule has 0 aliphatic carbocycles. The molecule has 0 aromatic heterocycles. The van der Waals surface area contributed by atoms with Crippen LogP contribution in [0.1, 0.15) is 42.5 Å². The highest BCUT2D eigenvalue weighted by atomic mass is 35.5. The number of anilines is 1. The first-order chi connectivity index (χ1) is 9.65. The number of hydrogen-bond acceptors (Lipinski definition) is 3. The molecule has 2 aliphatic rings. The first kappa shape index (κ1) is 19.1. The predicted molar refractivity (Wildman–Crippen MR) is 95.0 cm³/mol. The summed E-state index contributed by atoms with van der Waals surface area (Å²) < 4.78 is 0. The van der Waals surface area contributed by atoms with Gasteiger partial charge in [-0.25, -0.2) is 0 Å². The molecule has 2 saturated heterocycles. The van der Waals surface area contributed by atoms with Crippen molar-refractivity contribution in [3.63, 3.8) is 0 Å². The quantitative estimate of drug-likeness (QED) is 0.810. The molecule has 2 aliphatic heterocycles. The van der Waals surface area contributed by atoms with Gasteiger partial charge >= 0.3 is 0 Å². The lowest BCUT2D eigenvalue weighted by Gasteiger charge is -2.47. The molecule has 4 nitrogen and oxygen atoms in total. The van der Waals surface area contributed by atoms with Gasteiger partial charge in [0, 0.05) is 23.8 Å². The molecule has 1 aromatic carbocycles. The molecule has 3 rings (SSSR count). The van der Waals surface area contributed by atoms with Crippen LogP contribution in [0.5, 0.6) is 0 Å². The zero-order valence-corrected chi connectivity index (χ0v) is 14.5. The Morgan fingerprint density at radius 2 is 1.77 bits per heavy atom. The van der Waals surface area contributed by atoms with Crippen LogP contribution in [0.2, 0.25) is 0 Å². The van der Waals surface area contributed by atoms with Crippen molar-refractivity contribution in [3.05, 3.63) is 29.8 Å². The summed E-state index contributed by atoms with van der Waals surface area (Å²) in [4.78, 5) is 14.8. The second kappa shape index (κ2) is 8.04. The lowest BCUT2D eigenvalue weighted by Crippen LogP contribution is -2.55. The monoisotopic (exact) mass is 345 g/mol. The number of nitrogens with one attached hydrogen (secondary N) is 1. The minimum Gasteiger partial charge on any atom is -0.398 e. The molecule has 2 atom stereocenters. The summed E-state index contributed by atoms with van der Waals surface area (Å²) in [5.41, 5.74) is 7.02. The summed E-state index contributed by atoms with van der Waals surface area (Å²) in [6.45, 7) is 0. The second-order valence-corrected chi connectivity index (χ2v) is 6.13. The number of halogens is 2. The van der Waals surface area contributed by atoms with E-state index in [9.17, 15) is 4.79 Å². The topological polar surface area (TPSA) is 58.4 Å². The lowest BCUT2D eigenvalue weighted by molar-refractivity contribution is 0.0463. The van der Waals surface area contributed by atoms with Crippen molar-refractivity contribution < 1.29 is 4.79 Å². The molecule has 0 spiro atoms. The number of fused-ring (bicyclic) bond motifs is 2. The molecular weight excluding hydrogens is 321 g/mol. The SMILES string of the molecule is CN1C2CCCC1CC(NC(=O)c1ccccc1N)C2.Cl.Cl. The van der Waals surface area contributed by atoms with E-state index in [1.165, 1.54) is 19.3 Å². The molecule has 2 fully saturated rings. The van der Waals surface area contributed by atoms with Crippen LogP contribution in [-0.4, -0.2) is 36.0 Å². The van der Waals surface area contributed by atoms with Crippen molar-refractivity contribution in [2.75, 3.05) is 12.8 Å². The molecule has 22 heavy (non-hydrogen) atoms. The number of carbonyl (C=O) groups is 1. The zero-order valence-electron chi connectivity index (χ0n) is 12.8. The Labute approximate surface area is 144 Å². The van der Waals surface area contributed by atoms with E-state index in [0.717, 1.165) is 12.8 Å². The van der Waals surface area contributed by atoms with Crippen LogP contribution in [0.25, 0.3) is 0 Å². The molecule has 1 amide bonds. The van der Waals surface area contributed by atoms with Crippen molar-refractivity contribution in [3.8, 4) is 0 Å². The van der Waals surface area contributed by atoms with Gasteiger partial charge in [0.15, 0.2) is 0 Å². The van der Waals surface area contributed by atoms with E-state index in [2.05, 4.69) is 17.3 Å². The lowest BCUT2D eigenvalue weighted by atomic mass is 9.82. The maximum absolute atomic E-state index is 12.3. The average Bonchev–Trinajstić information content (AvgIpc) is 2.40. The van der Waals surface area contributed by atoms with Crippen molar-refractivity contribution in [2.45, 2.75) is 50.2 Å². The number of nitrogen functional groups attached to an aromatic ring is 1. The van der Waals surface area contributed by atoms with Crippen LogP contribution in [0.15, 0.2) is 24.3 Å². The van der Waals surface area contributed by atoms with Crippen molar-refractivity contribution in [1.82, 2.24) is 10.2 Å². The Balaban J connectivity index is 0.00000121. The minimum absolute atomic E-state index is 0. The van der Waals surface area contributed by atoms with Crippen molar-refractivity contribution >= 4 is 36.4 Å². The fourth-order valence-electron chi connectivity index (χ4n) is 3.70. The summed E-state index contributed by atoms with van der Waals surface area (Å²) in [7, 11) is 2.22. The summed E-state index contributed by atoms with van der Waals surface area (Å²) in [5, 5.41) is 3.18. The molecule has 0 radical (unpaired) electrons. The number of rotatable bonds is 2. The standard InChI is InChI=1S/C16H23N3O.2ClH/c1-19-12-5-4-6-13(19)10-11(9-12)18-16(20)14-7-2-3-8-15(14)17;;/h2-3,7-8,11-13H,4-6,9-10,17H2,1H3,(H,18,20);2*1H. The zero-order chi connectivity index (χ0) is 14.1. The van der Waals surface area contributed by atoms with E-state index in [1.54, 1.807) is 12.1 Å². The van der Waals surface area contributed by atoms with Gasteiger partial charge in [0.25, 0.3) is 5.91 Å². The molecule has 2 heterocycles. The molecule has 3 N–H and O–H groups in total. The Hall–Kier alpha value is -0.970. The van der Waals surface area contributed by atoms with Gasteiger partial charge in [0.1, 0.15) is 0 Å². The minimum atomic E-state index is -0.0317. The fourth-order valence-corrected chi connectivity index (χ4v) is 3.70. The highest BCUT2D eigenvalue weighted by Crippen LogP contribution is 2.32. The van der Waals surface area contributed by atoms with Crippen LogP contribution >= 0.6 is 24.8 Å². The average molecular weight is 346 g/mol. The Morgan fingerprint density at radius 1 is 1.18 bits per heavy atom. The number of benzene rings is 1. The third-order valence-corrected chi connectivity index (χ3v) is 4.88. The highest BCUT2D eigenvalue weighted by Gasteiger charge is 2.36. The number of piperidine rings is 2. The number of carbonyl (C=O) groups excluding carboxylic acids is 1. The maximum atomic E-state index is 12.3. The van der Waals surface area contributed by atoms with Crippen LogP contribution < -0.4 is 11.1 Å². The van der Waals surface area contributed by atoms with E-state index in [1.807, 2.05) is 12.1 Å². The van der Waals surface area contributed by atoms with Gasteiger partial charge in [-0.1, -0.05) is 18.6 Å². The number of para-hydroxylation sites is 1. The van der Waals surface area contributed by atoms with Gasteiger partial charge < -0.3 is 16.0 Å². The van der Waals surface area contributed by atoms with E-state index in [0.29, 0.717) is 23.3 Å². The first-order valence-corrected chi connectivity index (χ1v) is 7.52. The van der Waals surface area contributed by atoms with Gasteiger partial charge in [-0.05, 0) is 44.9 Å². The third-order valence-electron chi connectivity index (χ3n) is 4.88. The fraction of sp³-hybridized carbons (Fsp3) is 0.562. The van der Waals surface area contributed by atoms with Gasteiger partial charge in [0.2, 0.25) is 0 Å². The van der Waals surface area contributed by atoms with Crippen LogP contribution in [0.3, 0.4) is 0 Å². The van der Waals surface area contributed by atoms with Crippen molar-refractivity contribution in [2.24, 2.45) is 0 Å².